The summed E-state index contributed by atoms with van der Waals surface area (Å²) in [6.45, 7) is 13.8. The normalized spacial score (nSPS) is 14.5. The van der Waals surface area contributed by atoms with Gasteiger partial charge in [-0.2, -0.15) is 0 Å². The minimum Gasteiger partial charge on any atom is -0.0561 e. The van der Waals surface area contributed by atoms with Crippen LogP contribution in [0.2, 0.25) is 0 Å². The molecule has 2 aromatic carbocycles. The summed E-state index contributed by atoms with van der Waals surface area (Å²) in [4.78, 5) is 0. The molecule has 0 N–H and O–H groups in total. The Morgan fingerprint density at radius 3 is 1.45 bits per heavy atom. The summed E-state index contributed by atoms with van der Waals surface area (Å²) >= 11 is -0.0237. The predicted molar refractivity (Wildman–Crippen MR) is 90.5 cm³/mol. The van der Waals surface area contributed by atoms with Crippen LogP contribution in [0.1, 0.15) is 63.8 Å². The van der Waals surface area contributed by atoms with Gasteiger partial charge in [0, 0.05) is 17.5 Å². The molecule has 0 aliphatic carbocycles. The lowest BCUT2D eigenvalue weighted by Crippen LogP contribution is -3.62. The van der Waals surface area contributed by atoms with Crippen LogP contribution in [0.25, 0.3) is 0 Å². The molecular weight excluding hydrogens is 379 g/mol. The highest BCUT2D eigenvalue weighted by Gasteiger charge is 2.31. The Morgan fingerprint density at radius 1 is 0.682 bits per heavy atom. The van der Waals surface area contributed by atoms with Gasteiger partial charge in [0.15, 0.2) is 7.14 Å². The summed E-state index contributed by atoms with van der Waals surface area (Å²) in [5.74, 6) is 0. The Bertz CT molecular complexity index is 650. The van der Waals surface area contributed by atoms with Gasteiger partial charge in [-0.15, -0.1) is 0 Å². The monoisotopic (exact) mass is 405 g/mol. The number of hydrogen-bond donors (Lipinski definition) is 0. The molecule has 2 aromatic rings. The van der Waals surface area contributed by atoms with E-state index < -0.39 is 0 Å². The van der Waals surface area contributed by atoms with Gasteiger partial charge in [-0.05, 0) is 34.1 Å². The molecule has 0 aromatic heterocycles. The van der Waals surface area contributed by atoms with Crippen molar-refractivity contribution in [3.8, 4) is 0 Å². The standard InChI is InChI=1S/C21H26I/c1-20(2,3)16-7-9-18-14(12-16)11-15-13-17(21(4,5)6)8-10-19(15)22-18/h7-10,12-13H,11H2,1-6H3/q+1. The molecule has 22 heavy (non-hydrogen) atoms. The van der Waals surface area contributed by atoms with Gasteiger partial charge in [-0.1, -0.05) is 65.8 Å². The van der Waals surface area contributed by atoms with Gasteiger partial charge in [-0.3, -0.25) is 0 Å². The second-order valence-electron chi connectivity index (χ2n) is 8.38. The highest BCUT2D eigenvalue weighted by atomic mass is 127. The first-order valence-electron chi connectivity index (χ1n) is 8.06. The average molecular weight is 405 g/mol. The molecule has 0 fully saturated rings. The minimum atomic E-state index is -0.0237. The van der Waals surface area contributed by atoms with Crippen LogP contribution in [0.15, 0.2) is 36.4 Å². The van der Waals surface area contributed by atoms with Crippen LogP contribution >= 0.6 is 0 Å². The van der Waals surface area contributed by atoms with E-state index in [1.165, 1.54) is 11.1 Å². The van der Waals surface area contributed by atoms with Crippen molar-refractivity contribution in [2.24, 2.45) is 0 Å². The number of benzene rings is 2. The molecule has 0 spiro atoms. The molecule has 1 heteroatoms. The van der Waals surface area contributed by atoms with E-state index in [-0.39, 0.29) is 32.0 Å². The summed E-state index contributed by atoms with van der Waals surface area (Å²) in [6, 6.07) is 14.4. The van der Waals surface area contributed by atoms with E-state index in [0.717, 1.165) is 6.42 Å². The van der Waals surface area contributed by atoms with Crippen molar-refractivity contribution in [2.45, 2.75) is 58.8 Å². The lowest BCUT2D eigenvalue weighted by Gasteiger charge is -2.22. The zero-order chi connectivity index (χ0) is 16.1. The highest BCUT2D eigenvalue weighted by molar-refractivity contribution is 5.36. The molecule has 0 saturated carbocycles. The number of hydrogen-bond acceptors (Lipinski definition) is 0. The van der Waals surface area contributed by atoms with Crippen molar-refractivity contribution in [2.75, 3.05) is 0 Å². The van der Waals surface area contributed by atoms with E-state index in [1.54, 1.807) is 18.3 Å². The first-order valence-corrected chi connectivity index (χ1v) is 10.2. The quantitative estimate of drug-likeness (QED) is 0.504. The Labute approximate surface area is 145 Å². The summed E-state index contributed by atoms with van der Waals surface area (Å²) in [6.07, 6.45) is 1.11. The molecule has 1 aliphatic heterocycles. The fraction of sp³-hybridized carbons (Fsp3) is 0.429. The Morgan fingerprint density at radius 2 is 1.09 bits per heavy atom. The van der Waals surface area contributed by atoms with Crippen LogP contribution < -0.4 is 21.2 Å². The lowest BCUT2D eigenvalue weighted by molar-refractivity contribution is -0.601. The molecule has 1 aliphatic rings. The van der Waals surface area contributed by atoms with Crippen LogP contribution in [-0.2, 0) is 17.3 Å². The largest absolute Gasteiger partial charge is 0.358 e. The third-order valence-electron chi connectivity index (χ3n) is 4.41. The molecule has 0 bridgehead atoms. The van der Waals surface area contributed by atoms with Gasteiger partial charge in [-0.25, -0.2) is 0 Å². The molecule has 0 radical (unpaired) electrons. The summed E-state index contributed by atoms with van der Waals surface area (Å²) in [7, 11) is 0. The number of rotatable bonds is 0. The maximum Gasteiger partial charge on any atom is 0.358 e. The molecule has 1 heterocycles. The first-order chi connectivity index (χ1) is 10.1. The van der Waals surface area contributed by atoms with Gasteiger partial charge in [0.2, 0.25) is 0 Å². The first kappa shape index (κ1) is 16.0. The Kier molecular flexibility index (Phi) is 3.91. The van der Waals surface area contributed by atoms with Crippen molar-refractivity contribution in [1.29, 1.82) is 0 Å². The smallest absolute Gasteiger partial charge is 0.0561 e. The van der Waals surface area contributed by atoms with Crippen LogP contribution in [-0.4, -0.2) is 0 Å². The third kappa shape index (κ3) is 3.10. The van der Waals surface area contributed by atoms with Gasteiger partial charge in [0.05, 0.1) is 0 Å². The van der Waals surface area contributed by atoms with E-state index in [1.807, 2.05) is 0 Å². The second kappa shape index (κ2) is 5.36. The summed E-state index contributed by atoms with van der Waals surface area (Å²) in [5, 5.41) is 0. The van der Waals surface area contributed by atoms with Gasteiger partial charge >= 0.3 is 21.2 Å². The molecule has 3 rings (SSSR count). The molecular formula is C21H26I+. The fourth-order valence-electron chi connectivity index (χ4n) is 2.85. The predicted octanol–water partition coefficient (Wildman–Crippen LogP) is 2.31. The average Bonchev–Trinajstić information content (AvgIpc) is 2.41. The van der Waals surface area contributed by atoms with E-state index in [2.05, 4.69) is 77.9 Å². The van der Waals surface area contributed by atoms with Crippen LogP contribution in [0, 0.1) is 7.14 Å². The summed E-state index contributed by atoms with van der Waals surface area (Å²) < 4.78 is 3.23. The van der Waals surface area contributed by atoms with Crippen molar-refractivity contribution in [3.05, 3.63) is 65.8 Å². The Hall–Kier alpha value is -0.830. The van der Waals surface area contributed by atoms with Crippen molar-refractivity contribution in [3.63, 3.8) is 0 Å². The molecule has 0 nitrogen and oxygen atoms in total. The molecule has 0 unspecified atom stereocenters. The molecule has 0 saturated heterocycles. The fourth-order valence-corrected chi connectivity index (χ4v) is 5.58. The van der Waals surface area contributed by atoms with E-state index >= 15 is 0 Å². The van der Waals surface area contributed by atoms with E-state index in [0.29, 0.717) is 0 Å². The number of halogens is 1. The lowest BCUT2D eigenvalue weighted by atomic mass is 9.84. The van der Waals surface area contributed by atoms with Gasteiger partial charge < -0.3 is 0 Å². The summed E-state index contributed by atoms with van der Waals surface area (Å²) in [5.41, 5.74) is 6.54. The van der Waals surface area contributed by atoms with Gasteiger partial charge in [0.1, 0.15) is 0 Å². The van der Waals surface area contributed by atoms with Crippen LogP contribution in [0.3, 0.4) is 0 Å². The Balaban J connectivity index is 2.00. The van der Waals surface area contributed by atoms with Gasteiger partial charge in [0.25, 0.3) is 0 Å². The zero-order valence-electron chi connectivity index (χ0n) is 14.5. The number of fused-ring (bicyclic) bond motifs is 2. The topological polar surface area (TPSA) is 0 Å². The van der Waals surface area contributed by atoms with Crippen molar-refractivity contribution >= 4 is 0 Å². The van der Waals surface area contributed by atoms with Crippen LogP contribution in [0.5, 0.6) is 0 Å². The van der Waals surface area contributed by atoms with E-state index in [4.69, 9.17) is 0 Å². The maximum atomic E-state index is 2.46. The maximum absolute atomic E-state index is 2.46. The van der Waals surface area contributed by atoms with Crippen molar-refractivity contribution in [1.82, 2.24) is 0 Å². The van der Waals surface area contributed by atoms with Crippen LogP contribution in [0.4, 0.5) is 0 Å². The SMILES string of the molecule is CC(C)(C)c1ccc2c(c1)Cc1cc(C(C)(C)C)ccc1[I+]2. The molecule has 0 amide bonds. The van der Waals surface area contributed by atoms with E-state index in [9.17, 15) is 0 Å². The highest BCUT2D eigenvalue weighted by Crippen LogP contribution is 2.27. The zero-order valence-corrected chi connectivity index (χ0v) is 16.7. The minimum absolute atomic E-state index is 0.0237. The van der Waals surface area contributed by atoms with Crippen molar-refractivity contribution < 1.29 is 21.2 Å². The third-order valence-corrected chi connectivity index (χ3v) is 7.67. The second-order valence-corrected chi connectivity index (χ2v) is 11.2. The molecule has 0 atom stereocenters. The molecule has 116 valence electrons.